The first-order valence-electron chi connectivity index (χ1n) is 11.4. The minimum Gasteiger partial charge on any atom is -0.369 e. The SMILES string of the molecule is Cc1ccc(N2CCN(Cc3ccccc3)CC2)cc1Nc1nccc(-c2cccnc2)n1. The van der Waals surface area contributed by atoms with Gasteiger partial charge >= 0.3 is 0 Å². The molecule has 0 aliphatic carbocycles. The second kappa shape index (κ2) is 9.79. The lowest BCUT2D eigenvalue weighted by molar-refractivity contribution is 0.250. The molecule has 1 aliphatic rings. The minimum atomic E-state index is 0.587. The highest BCUT2D eigenvalue weighted by atomic mass is 15.3. The molecule has 2 aromatic carbocycles. The molecule has 6 heteroatoms. The minimum absolute atomic E-state index is 0.587. The normalized spacial score (nSPS) is 14.3. The van der Waals surface area contributed by atoms with Gasteiger partial charge in [-0.25, -0.2) is 9.97 Å². The summed E-state index contributed by atoms with van der Waals surface area (Å²) >= 11 is 0. The van der Waals surface area contributed by atoms with Gasteiger partial charge in [-0.1, -0.05) is 36.4 Å². The number of hydrogen-bond acceptors (Lipinski definition) is 6. The molecule has 1 N–H and O–H groups in total. The third kappa shape index (κ3) is 5.18. The number of nitrogens with one attached hydrogen (secondary N) is 1. The molecular weight excluding hydrogens is 408 g/mol. The van der Waals surface area contributed by atoms with Crippen molar-refractivity contribution in [2.75, 3.05) is 36.4 Å². The van der Waals surface area contributed by atoms with E-state index in [1.54, 1.807) is 12.4 Å². The van der Waals surface area contributed by atoms with Gasteiger partial charge in [0.05, 0.1) is 5.69 Å². The van der Waals surface area contributed by atoms with E-state index in [-0.39, 0.29) is 0 Å². The van der Waals surface area contributed by atoms with Gasteiger partial charge in [0.1, 0.15) is 0 Å². The molecule has 0 saturated carbocycles. The van der Waals surface area contributed by atoms with Crippen LogP contribution < -0.4 is 10.2 Å². The molecule has 5 rings (SSSR count). The van der Waals surface area contributed by atoms with Crippen molar-refractivity contribution < 1.29 is 0 Å². The Hall–Kier alpha value is -3.77. The Morgan fingerprint density at radius 3 is 2.52 bits per heavy atom. The van der Waals surface area contributed by atoms with Crippen LogP contribution in [-0.2, 0) is 6.54 Å². The summed E-state index contributed by atoms with van der Waals surface area (Å²) in [4.78, 5) is 18.3. The van der Waals surface area contributed by atoms with Crippen LogP contribution in [-0.4, -0.2) is 46.0 Å². The van der Waals surface area contributed by atoms with Crippen molar-refractivity contribution in [1.29, 1.82) is 0 Å². The second-order valence-electron chi connectivity index (χ2n) is 8.38. The van der Waals surface area contributed by atoms with Gasteiger partial charge < -0.3 is 10.2 Å². The molecule has 4 aromatic rings. The van der Waals surface area contributed by atoms with Crippen molar-refractivity contribution in [3.63, 3.8) is 0 Å². The fraction of sp³-hybridized carbons (Fsp3) is 0.222. The van der Waals surface area contributed by atoms with Gasteiger partial charge in [-0.3, -0.25) is 9.88 Å². The standard InChI is InChI=1S/C27H28N6/c1-21-9-10-24(33-16-14-32(15-17-33)20-22-6-3-2-4-7-22)18-26(21)31-27-29-13-11-25(30-27)23-8-5-12-28-19-23/h2-13,18-19H,14-17,20H2,1H3,(H,29,30,31). The van der Waals surface area contributed by atoms with Crippen LogP contribution in [0.4, 0.5) is 17.3 Å². The summed E-state index contributed by atoms with van der Waals surface area (Å²) in [6.07, 6.45) is 5.36. The fourth-order valence-electron chi connectivity index (χ4n) is 4.16. The first-order valence-corrected chi connectivity index (χ1v) is 11.4. The van der Waals surface area contributed by atoms with Gasteiger partial charge in [0.15, 0.2) is 0 Å². The van der Waals surface area contributed by atoms with Gasteiger partial charge in [-0.15, -0.1) is 0 Å². The average Bonchev–Trinajstić information content (AvgIpc) is 2.87. The smallest absolute Gasteiger partial charge is 0.227 e. The van der Waals surface area contributed by atoms with Crippen LogP contribution >= 0.6 is 0 Å². The molecule has 6 nitrogen and oxygen atoms in total. The largest absolute Gasteiger partial charge is 0.369 e. The van der Waals surface area contributed by atoms with E-state index in [0.29, 0.717) is 5.95 Å². The number of benzene rings is 2. The van der Waals surface area contributed by atoms with E-state index < -0.39 is 0 Å². The maximum absolute atomic E-state index is 4.69. The molecule has 0 amide bonds. The molecule has 0 radical (unpaired) electrons. The third-order valence-electron chi connectivity index (χ3n) is 6.07. The number of piperazine rings is 1. The molecule has 1 aliphatic heterocycles. The Kier molecular flexibility index (Phi) is 6.26. The summed E-state index contributed by atoms with van der Waals surface area (Å²) in [6, 6.07) is 23.1. The van der Waals surface area contributed by atoms with Crippen molar-refractivity contribution in [3.05, 3.63) is 96.4 Å². The zero-order valence-corrected chi connectivity index (χ0v) is 18.9. The first-order chi connectivity index (χ1) is 16.2. The molecule has 2 aromatic heterocycles. The molecule has 1 saturated heterocycles. The molecule has 0 unspecified atom stereocenters. The monoisotopic (exact) mass is 436 g/mol. The molecule has 0 bridgehead atoms. The Morgan fingerprint density at radius 2 is 1.73 bits per heavy atom. The Bertz CT molecular complexity index is 1190. The summed E-state index contributed by atoms with van der Waals surface area (Å²) in [5.74, 6) is 0.587. The van der Waals surface area contributed by atoms with Crippen LogP contribution in [0.2, 0.25) is 0 Å². The summed E-state index contributed by atoms with van der Waals surface area (Å²) < 4.78 is 0. The molecule has 0 atom stereocenters. The molecule has 166 valence electrons. The van der Waals surface area contributed by atoms with Crippen molar-refractivity contribution in [2.24, 2.45) is 0 Å². The van der Waals surface area contributed by atoms with E-state index in [4.69, 9.17) is 0 Å². The lowest BCUT2D eigenvalue weighted by Gasteiger charge is -2.36. The predicted molar refractivity (Wildman–Crippen MR) is 134 cm³/mol. The lowest BCUT2D eigenvalue weighted by Crippen LogP contribution is -2.45. The lowest BCUT2D eigenvalue weighted by atomic mass is 10.1. The Morgan fingerprint density at radius 1 is 0.879 bits per heavy atom. The van der Waals surface area contributed by atoms with E-state index in [0.717, 1.165) is 55.2 Å². The van der Waals surface area contributed by atoms with Gasteiger partial charge in [0, 0.05) is 68.3 Å². The van der Waals surface area contributed by atoms with Crippen LogP contribution in [0.25, 0.3) is 11.3 Å². The molecule has 0 spiro atoms. The highest BCUT2D eigenvalue weighted by Crippen LogP contribution is 2.27. The number of anilines is 3. The van der Waals surface area contributed by atoms with Crippen LogP contribution in [0.3, 0.4) is 0 Å². The zero-order chi connectivity index (χ0) is 22.5. The van der Waals surface area contributed by atoms with Crippen molar-refractivity contribution in [3.8, 4) is 11.3 Å². The van der Waals surface area contributed by atoms with Gasteiger partial charge in [-0.2, -0.15) is 0 Å². The number of aryl methyl sites for hydroxylation is 1. The molecule has 1 fully saturated rings. The third-order valence-corrected chi connectivity index (χ3v) is 6.07. The van der Waals surface area contributed by atoms with Gasteiger partial charge in [-0.05, 0) is 48.4 Å². The number of nitrogens with zero attached hydrogens (tertiary/aromatic N) is 5. The maximum Gasteiger partial charge on any atom is 0.227 e. The number of rotatable bonds is 6. The molecule has 33 heavy (non-hydrogen) atoms. The number of hydrogen-bond donors (Lipinski definition) is 1. The van der Waals surface area contributed by atoms with E-state index >= 15 is 0 Å². The zero-order valence-electron chi connectivity index (χ0n) is 18.9. The van der Waals surface area contributed by atoms with Crippen LogP contribution in [0.1, 0.15) is 11.1 Å². The van der Waals surface area contributed by atoms with Crippen LogP contribution in [0.5, 0.6) is 0 Å². The van der Waals surface area contributed by atoms with E-state index in [9.17, 15) is 0 Å². The van der Waals surface area contributed by atoms with Crippen molar-refractivity contribution in [1.82, 2.24) is 19.9 Å². The van der Waals surface area contributed by atoms with Crippen molar-refractivity contribution in [2.45, 2.75) is 13.5 Å². The average molecular weight is 437 g/mol. The summed E-state index contributed by atoms with van der Waals surface area (Å²) in [5.41, 5.74) is 6.62. The first kappa shape index (κ1) is 21.1. The van der Waals surface area contributed by atoms with E-state index in [1.165, 1.54) is 11.3 Å². The number of pyridine rings is 1. The second-order valence-corrected chi connectivity index (χ2v) is 8.38. The topological polar surface area (TPSA) is 57.2 Å². The highest BCUT2D eigenvalue weighted by molar-refractivity contribution is 5.67. The quantitative estimate of drug-likeness (QED) is 0.463. The summed E-state index contributed by atoms with van der Waals surface area (Å²) in [6.45, 7) is 7.27. The summed E-state index contributed by atoms with van der Waals surface area (Å²) in [7, 11) is 0. The molecular formula is C27H28N6. The molecule has 3 heterocycles. The van der Waals surface area contributed by atoms with E-state index in [2.05, 4.69) is 85.5 Å². The number of aromatic nitrogens is 3. The maximum atomic E-state index is 4.69. The summed E-state index contributed by atoms with van der Waals surface area (Å²) in [5, 5.41) is 3.42. The van der Waals surface area contributed by atoms with Crippen LogP contribution in [0.15, 0.2) is 85.3 Å². The Labute approximate surface area is 195 Å². The Balaban J connectivity index is 1.26. The van der Waals surface area contributed by atoms with E-state index in [1.807, 2.05) is 24.4 Å². The highest BCUT2D eigenvalue weighted by Gasteiger charge is 2.18. The predicted octanol–water partition coefficient (Wildman–Crippen LogP) is 4.91. The van der Waals surface area contributed by atoms with Crippen molar-refractivity contribution >= 4 is 17.3 Å². The van der Waals surface area contributed by atoms with Gasteiger partial charge in [0.2, 0.25) is 5.95 Å². The van der Waals surface area contributed by atoms with Crippen LogP contribution in [0, 0.1) is 6.92 Å². The fourth-order valence-corrected chi connectivity index (χ4v) is 4.16. The van der Waals surface area contributed by atoms with Gasteiger partial charge in [0.25, 0.3) is 0 Å².